The lowest BCUT2D eigenvalue weighted by molar-refractivity contribution is -0.173. The Morgan fingerprint density at radius 1 is 1.00 bits per heavy atom. The monoisotopic (exact) mass is 373 g/mol. The van der Waals surface area contributed by atoms with E-state index in [1.54, 1.807) is 57.4 Å². The standard InChI is InChI=1S/C19H23N3O5/c1-18(2,3)27-11-19(15(23)24,16(25)26)8-12-4-6-13(7-5-12)14-9-21-17(20)22-10-14/h4-7,9-10H,8,11H2,1-3H3,(H,23,24)(H,25,26)(H2,20,21,22). The van der Waals surface area contributed by atoms with Gasteiger partial charge in [0, 0.05) is 24.4 Å². The van der Waals surface area contributed by atoms with Crippen molar-refractivity contribution < 1.29 is 24.5 Å². The van der Waals surface area contributed by atoms with Crippen molar-refractivity contribution in [2.75, 3.05) is 12.3 Å². The molecule has 0 aliphatic heterocycles. The van der Waals surface area contributed by atoms with Crippen LogP contribution in [0.15, 0.2) is 36.7 Å². The second-order valence-electron chi connectivity index (χ2n) is 7.30. The Balaban J connectivity index is 2.27. The fraction of sp³-hybridized carbons (Fsp3) is 0.368. The number of nitrogen functional groups attached to an aromatic ring is 1. The van der Waals surface area contributed by atoms with E-state index in [0.717, 1.165) is 11.1 Å². The molecule has 0 aliphatic carbocycles. The number of ether oxygens (including phenoxy) is 1. The Kier molecular flexibility index (Phi) is 5.80. The van der Waals surface area contributed by atoms with Gasteiger partial charge in [-0.25, -0.2) is 9.97 Å². The molecule has 8 heteroatoms. The first-order chi connectivity index (χ1) is 12.5. The van der Waals surface area contributed by atoms with E-state index in [2.05, 4.69) is 9.97 Å². The summed E-state index contributed by atoms with van der Waals surface area (Å²) in [5, 5.41) is 19.2. The van der Waals surface area contributed by atoms with E-state index in [9.17, 15) is 19.8 Å². The van der Waals surface area contributed by atoms with Gasteiger partial charge < -0.3 is 20.7 Å². The first-order valence-electron chi connectivity index (χ1n) is 8.31. The molecule has 0 atom stereocenters. The fourth-order valence-corrected chi connectivity index (χ4v) is 2.41. The molecule has 2 aromatic rings. The Morgan fingerprint density at radius 2 is 1.52 bits per heavy atom. The normalized spacial score (nSPS) is 12.0. The van der Waals surface area contributed by atoms with E-state index in [-0.39, 0.29) is 12.4 Å². The van der Waals surface area contributed by atoms with Crippen LogP contribution in [-0.4, -0.2) is 44.3 Å². The van der Waals surface area contributed by atoms with E-state index in [0.29, 0.717) is 5.56 Å². The third-order valence-corrected chi connectivity index (χ3v) is 4.04. The molecule has 27 heavy (non-hydrogen) atoms. The molecule has 0 fully saturated rings. The van der Waals surface area contributed by atoms with Crippen LogP contribution >= 0.6 is 0 Å². The molecule has 8 nitrogen and oxygen atoms in total. The molecular weight excluding hydrogens is 350 g/mol. The summed E-state index contributed by atoms with van der Waals surface area (Å²) < 4.78 is 5.50. The van der Waals surface area contributed by atoms with Gasteiger partial charge in [-0.05, 0) is 31.9 Å². The highest BCUT2D eigenvalue weighted by atomic mass is 16.5. The number of nitrogens with zero attached hydrogens (tertiary/aromatic N) is 2. The van der Waals surface area contributed by atoms with E-state index in [4.69, 9.17) is 10.5 Å². The van der Waals surface area contributed by atoms with Crippen molar-refractivity contribution in [3.05, 3.63) is 42.2 Å². The van der Waals surface area contributed by atoms with E-state index in [1.807, 2.05) is 0 Å². The average molecular weight is 373 g/mol. The molecule has 0 spiro atoms. The van der Waals surface area contributed by atoms with Crippen LogP contribution in [0.2, 0.25) is 0 Å². The smallest absolute Gasteiger partial charge is 0.323 e. The van der Waals surface area contributed by atoms with E-state index >= 15 is 0 Å². The molecule has 2 rings (SSSR count). The molecule has 1 aromatic heterocycles. The molecule has 0 saturated carbocycles. The van der Waals surface area contributed by atoms with E-state index < -0.39 is 29.6 Å². The number of carboxylic acid groups (broad SMARTS) is 2. The van der Waals surface area contributed by atoms with Gasteiger partial charge >= 0.3 is 11.9 Å². The van der Waals surface area contributed by atoms with Crippen LogP contribution in [0.1, 0.15) is 26.3 Å². The third kappa shape index (κ3) is 5.01. The van der Waals surface area contributed by atoms with Gasteiger partial charge in [-0.1, -0.05) is 24.3 Å². The molecule has 144 valence electrons. The average Bonchev–Trinajstić information content (AvgIpc) is 2.58. The highest BCUT2D eigenvalue weighted by molar-refractivity contribution is 5.98. The highest BCUT2D eigenvalue weighted by Crippen LogP contribution is 2.28. The van der Waals surface area contributed by atoms with Gasteiger partial charge in [0.25, 0.3) is 0 Å². The minimum atomic E-state index is -2.07. The van der Waals surface area contributed by atoms with Crippen molar-refractivity contribution in [1.29, 1.82) is 0 Å². The number of anilines is 1. The topological polar surface area (TPSA) is 136 Å². The summed E-state index contributed by atoms with van der Waals surface area (Å²) in [5.74, 6) is -2.70. The Bertz CT molecular complexity index is 797. The molecule has 0 amide bonds. The predicted molar refractivity (Wildman–Crippen MR) is 99.0 cm³/mol. The molecule has 0 unspecified atom stereocenters. The van der Waals surface area contributed by atoms with Gasteiger partial charge in [0.1, 0.15) is 0 Å². The summed E-state index contributed by atoms with van der Waals surface area (Å²) in [6.45, 7) is 4.79. The van der Waals surface area contributed by atoms with Crippen LogP contribution in [0, 0.1) is 5.41 Å². The number of carbonyl (C=O) groups is 2. The Hall–Kier alpha value is -3.00. The molecule has 0 aliphatic rings. The zero-order chi connectivity index (χ0) is 20.2. The van der Waals surface area contributed by atoms with Crippen molar-refractivity contribution in [3.63, 3.8) is 0 Å². The molecule has 1 heterocycles. The van der Waals surface area contributed by atoms with Crippen LogP contribution in [-0.2, 0) is 20.7 Å². The lowest BCUT2D eigenvalue weighted by Gasteiger charge is -2.29. The van der Waals surface area contributed by atoms with Crippen molar-refractivity contribution >= 4 is 17.9 Å². The van der Waals surface area contributed by atoms with Crippen LogP contribution in [0.25, 0.3) is 11.1 Å². The first kappa shape index (κ1) is 20.3. The number of hydrogen-bond donors (Lipinski definition) is 3. The quantitative estimate of drug-likeness (QED) is 0.629. The summed E-state index contributed by atoms with van der Waals surface area (Å²) in [6, 6.07) is 6.87. The summed E-state index contributed by atoms with van der Waals surface area (Å²) in [6.07, 6.45) is 2.95. The number of hydrogen-bond acceptors (Lipinski definition) is 6. The van der Waals surface area contributed by atoms with Gasteiger partial charge in [-0.2, -0.15) is 0 Å². The summed E-state index contributed by atoms with van der Waals surface area (Å²) in [7, 11) is 0. The fourth-order valence-electron chi connectivity index (χ4n) is 2.41. The molecule has 0 saturated heterocycles. The van der Waals surface area contributed by atoms with Crippen molar-refractivity contribution in [2.45, 2.75) is 32.8 Å². The van der Waals surface area contributed by atoms with Crippen LogP contribution < -0.4 is 5.73 Å². The SMILES string of the molecule is CC(C)(C)OCC(Cc1ccc(-c2cnc(N)nc2)cc1)(C(=O)O)C(=O)O. The summed E-state index contributed by atoms with van der Waals surface area (Å²) in [4.78, 5) is 31.5. The highest BCUT2D eigenvalue weighted by Gasteiger charge is 2.48. The number of nitrogens with two attached hydrogens (primary N) is 1. The van der Waals surface area contributed by atoms with Crippen molar-refractivity contribution in [2.24, 2.45) is 5.41 Å². The van der Waals surface area contributed by atoms with Gasteiger partial charge in [-0.3, -0.25) is 9.59 Å². The van der Waals surface area contributed by atoms with Gasteiger partial charge in [-0.15, -0.1) is 0 Å². The molecule has 0 bridgehead atoms. The lowest BCUT2D eigenvalue weighted by atomic mass is 9.82. The van der Waals surface area contributed by atoms with Gasteiger partial charge in [0.05, 0.1) is 12.2 Å². The number of benzene rings is 1. The van der Waals surface area contributed by atoms with Crippen LogP contribution in [0.4, 0.5) is 5.95 Å². The van der Waals surface area contributed by atoms with Crippen LogP contribution in [0.3, 0.4) is 0 Å². The third-order valence-electron chi connectivity index (χ3n) is 4.04. The van der Waals surface area contributed by atoms with Gasteiger partial charge in [0.2, 0.25) is 5.95 Å². The first-order valence-corrected chi connectivity index (χ1v) is 8.31. The van der Waals surface area contributed by atoms with Crippen molar-refractivity contribution in [3.8, 4) is 11.1 Å². The molecule has 0 radical (unpaired) electrons. The van der Waals surface area contributed by atoms with Gasteiger partial charge in [0.15, 0.2) is 5.41 Å². The van der Waals surface area contributed by atoms with Crippen molar-refractivity contribution in [1.82, 2.24) is 9.97 Å². The Morgan fingerprint density at radius 3 is 1.96 bits per heavy atom. The number of aliphatic carboxylic acids is 2. The molecular formula is C19H23N3O5. The zero-order valence-electron chi connectivity index (χ0n) is 15.5. The molecule has 1 aromatic carbocycles. The minimum absolute atomic E-state index is 0.168. The maximum Gasteiger partial charge on any atom is 0.323 e. The Labute approximate surface area is 157 Å². The zero-order valence-corrected chi connectivity index (χ0v) is 15.5. The summed E-state index contributed by atoms with van der Waals surface area (Å²) in [5.41, 5.74) is 4.86. The summed E-state index contributed by atoms with van der Waals surface area (Å²) >= 11 is 0. The second-order valence-corrected chi connectivity index (χ2v) is 7.30. The maximum absolute atomic E-state index is 11.8. The largest absolute Gasteiger partial charge is 0.480 e. The molecule has 4 N–H and O–H groups in total. The lowest BCUT2D eigenvalue weighted by Crippen LogP contribution is -2.47. The maximum atomic E-state index is 11.8. The number of aromatic nitrogens is 2. The van der Waals surface area contributed by atoms with Crippen LogP contribution in [0.5, 0.6) is 0 Å². The predicted octanol–water partition coefficient (Wildman–Crippen LogP) is 2.24. The minimum Gasteiger partial charge on any atom is -0.480 e. The van der Waals surface area contributed by atoms with E-state index in [1.165, 1.54) is 0 Å². The second kappa shape index (κ2) is 7.71. The number of carboxylic acids is 2. The number of rotatable bonds is 7.